The summed E-state index contributed by atoms with van der Waals surface area (Å²) >= 11 is 0. The van der Waals surface area contributed by atoms with Crippen molar-refractivity contribution in [2.45, 2.75) is 0 Å². The molecule has 0 spiro atoms. The summed E-state index contributed by atoms with van der Waals surface area (Å²) in [5, 5.41) is 18.1. The SMILES string of the molecule is Nc1ccc(N(CCO)CCO)cc1-c1ccco1. The van der Waals surface area contributed by atoms with E-state index in [2.05, 4.69) is 0 Å². The summed E-state index contributed by atoms with van der Waals surface area (Å²) in [5.74, 6) is 0.701. The molecule has 1 aromatic carbocycles. The van der Waals surface area contributed by atoms with E-state index in [0.29, 0.717) is 24.5 Å². The average Bonchev–Trinajstić information content (AvgIpc) is 2.93. The molecular formula is C14H18N2O3. The zero-order valence-electron chi connectivity index (χ0n) is 10.6. The minimum atomic E-state index is 0.0282. The van der Waals surface area contributed by atoms with E-state index >= 15 is 0 Å². The Morgan fingerprint density at radius 1 is 1.11 bits per heavy atom. The van der Waals surface area contributed by atoms with E-state index in [0.717, 1.165) is 11.3 Å². The molecule has 0 radical (unpaired) electrons. The van der Waals surface area contributed by atoms with Crippen molar-refractivity contribution in [3.05, 3.63) is 36.6 Å². The van der Waals surface area contributed by atoms with Crippen molar-refractivity contribution in [1.29, 1.82) is 0 Å². The molecule has 0 unspecified atom stereocenters. The number of anilines is 2. The van der Waals surface area contributed by atoms with Crippen molar-refractivity contribution < 1.29 is 14.6 Å². The Morgan fingerprint density at radius 3 is 2.42 bits per heavy atom. The Labute approximate surface area is 111 Å². The van der Waals surface area contributed by atoms with E-state index in [9.17, 15) is 0 Å². The van der Waals surface area contributed by atoms with Crippen LogP contribution in [-0.2, 0) is 0 Å². The first kappa shape index (κ1) is 13.5. The number of rotatable bonds is 6. The summed E-state index contributed by atoms with van der Waals surface area (Å²) in [6, 6.07) is 9.22. The molecule has 0 aliphatic heterocycles. The lowest BCUT2D eigenvalue weighted by Gasteiger charge is -2.23. The van der Waals surface area contributed by atoms with Gasteiger partial charge in [-0.1, -0.05) is 0 Å². The standard InChI is InChI=1S/C14H18N2O3/c15-13-4-3-11(16(5-7-17)6-8-18)10-12(13)14-2-1-9-19-14/h1-4,9-10,17-18H,5-8,15H2. The van der Waals surface area contributed by atoms with Gasteiger partial charge in [-0.25, -0.2) is 0 Å². The van der Waals surface area contributed by atoms with Crippen LogP contribution in [-0.4, -0.2) is 36.5 Å². The van der Waals surface area contributed by atoms with Crippen LogP contribution in [0.3, 0.4) is 0 Å². The number of furan rings is 1. The summed E-state index contributed by atoms with van der Waals surface area (Å²) in [6.45, 7) is 0.977. The van der Waals surface area contributed by atoms with Gasteiger partial charge in [0.25, 0.3) is 0 Å². The zero-order valence-corrected chi connectivity index (χ0v) is 10.6. The number of aliphatic hydroxyl groups is 2. The molecule has 0 aliphatic rings. The molecule has 102 valence electrons. The van der Waals surface area contributed by atoms with Crippen LogP contribution < -0.4 is 10.6 Å². The molecule has 0 saturated carbocycles. The van der Waals surface area contributed by atoms with E-state index in [1.807, 2.05) is 23.1 Å². The van der Waals surface area contributed by atoms with Gasteiger partial charge in [0, 0.05) is 30.0 Å². The summed E-state index contributed by atoms with van der Waals surface area (Å²) in [6.07, 6.45) is 1.60. The highest BCUT2D eigenvalue weighted by Crippen LogP contribution is 2.30. The molecule has 1 heterocycles. The summed E-state index contributed by atoms with van der Waals surface area (Å²) in [4.78, 5) is 1.89. The number of nitrogens with zero attached hydrogens (tertiary/aromatic N) is 1. The normalized spacial score (nSPS) is 10.6. The lowest BCUT2D eigenvalue weighted by atomic mass is 10.1. The second kappa shape index (κ2) is 6.26. The fourth-order valence-corrected chi connectivity index (χ4v) is 2.00. The Balaban J connectivity index is 2.34. The van der Waals surface area contributed by atoms with Crippen LogP contribution in [0, 0.1) is 0 Å². The third-order valence-electron chi connectivity index (χ3n) is 2.93. The van der Waals surface area contributed by atoms with Gasteiger partial charge in [-0.2, -0.15) is 0 Å². The highest BCUT2D eigenvalue weighted by Gasteiger charge is 2.10. The van der Waals surface area contributed by atoms with Crippen LogP contribution in [0.1, 0.15) is 0 Å². The summed E-state index contributed by atoms with van der Waals surface area (Å²) in [5.41, 5.74) is 8.28. The van der Waals surface area contributed by atoms with Crippen LogP contribution in [0.5, 0.6) is 0 Å². The lowest BCUT2D eigenvalue weighted by molar-refractivity contribution is 0.281. The van der Waals surface area contributed by atoms with Crippen molar-refractivity contribution >= 4 is 11.4 Å². The van der Waals surface area contributed by atoms with Gasteiger partial charge < -0.3 is 25.3 Å². The fourth-order valence-electron chi connectivity index (χ4n) is 2.00. The van der Waals surface area contributed by atoms with E-state index < -0.39 is 0 Å². The summed E-state index contributed by atoms with van der Waals surface area (Å²) < 4.78 is 5.36. The molecule has 0 amide bonds. The zero-order chi connectivity index (χ0) is 13.7. The van der Waals surface area contributed by atoms with E-state index in [4.69, 9.17) is 20.4 Å². The maximum Gasteiger partial charge on any atom is 0.135 e. The number of hydrogen-bond donors (Lipinski definition) is 3. The molecule has 0 bridgehead atoms. The minimum absolute atomic E-state index is 0.0282. The van der Waals surface area contributed by atoms with Crippen LogP contribution in [0.4, 0.5) is 11.4 Å². The average molecular weight is 262 g/mol. The Kier molecular flexibility index (Phi) is 4.43. The molecule has 0 aliphatic carbocycles. The summed E-state index contributed by atoms with van der Waals surface area (Å²) in [7, 11) is 0. The second-order valence-electron chi connectivity index (χ2n) is 4.18. The van der Waals surface area contributed by atoms with Crippen LogP contribution >= 0.6 is 0 Å². The van der Waals surface area contributed by atoms with Gasteiger partial charge in [-0.3, -0.25) is 0 Å². The van der Waals surface area contributed by atoms with Gasteiger partial charge in [0.15, 0.2) is 0 Å². The fraction of sp³-hybridized carbons (Fsp3) is 0.286. The molecule has 1 aromatic heterocycles. The Hall–Kier alpha value is -1.98. The van der Waals surface area contributed by atoms with Gasteiger partial charge in [-0.05, 0) is 30.3 Å². The van der Waals surface area contributed by atoms with Gasteiger partial charge in [-0.15, -0.1) is 0 Å². The molecule has 0 saturated heterocycles. The molecule has 5 nitrogen and oxygen atoms in total. The predicted octanol–water partition coefficient (Wildman–Crippen LogP) is 1.32. The van der Waals surface area contributed by atoms with E-state index in [1.54, 1.807) is 18.4 Å². The first-order valence-electron chi connectivity index (χ1n) is 6.16. The highest BCUT2D eigenvalue weighted by atomic mass is 16.3. The monoisotopic (exact) mass is 262 g/mol. The second-order valence-corrected chi connectivity index (χ2v) is 4.18. The van der Waals surface area contributed by atoms with Crippen LogP contribution in [0.25, 0.3) is 11.3 Å². The predicted molar refractivity (Wildman–Crippen MR) is 74.9 cm³/mol. The van der Waals surface area contributed by atoms with Crippen LogP contribution in [0.2, 0.25) is 0 Å². The Bertz CT molecular complexity index is 505. The van der Waals surface area contributed by atoms with Crippen molar-refractivity contribution in [2.75, 3.05) is 36.9 Å². The number of hydrogen-bond acceptors (Lipinski definition) is 5. The largest absolute Gasteiger partial charge is 0.464 e. The molecule has 2 aromatic rings. The topological polar surface area (TPSA) is 82.9 Å². The molecule has 19 heavy (non-hydrogen) atoms. The number of nitrogens with two attached hydrogens (primary N) is 1. The first-order chi connectivity index (χ1) is 9.26. The van der Waals surface area contributed by atoms with E-state index in [1.165, 1.54) is 0 Å². The quantitative estimate of drug-likeness (QED) is 0.684. The van der Waals surface area contributed by atoms with Crippen molar-refractivity contribution in [3.63, 3.8) is 0 Å². The molecule has 2 rings (SSSR count). The number of benzene rings is 1. The van der Waals surface area contributed by atoms with Crippen LogP contribution in [0.15, 0.2) is 41.0 Å². The van der Waals surface area contributed by atoms with Crippen molar-refractivity contribution in [1.82, 2.24) is 0 Å². The minimum Gasteiger partial charge on any atom is -0.464 e. The third kappa shape index (κ3) is 3.07. The molecular weight excluding hydrogens is 244 g/mol. The van der Waals surface area contributed by atoms with Crippen molar-refractivity contribution in [2.24, 2.45) is 0 Å². The van der Waals surface area contributed by atoms with Gasteiger partial charge in [0.05, 0.1) is 19.5 Å². The third-order valence-corrected chi connectivity index (χ3v) is 2.93. The van der Waals surface area contributed by atoms with Gasteiger partial charge in [0.1, 0.15) is 5.76 Å². The molecule has 0 atom stereocenters. The number of nitrogen functional groups attached to an aromatic ring is 1. The molecule has 0 fully saturated rings. The number of aliphatic hydroxyl groups excluding tert-OH is 2. The van der Waals surface area contributed by atoms with Crippen molar-refractivity contribution in [3.8, 4) is 11.3 Å². The van der Waals surface area contributed by atoms with Gasteiger partial charge in [0.2, 0.25) is 0 Å². The smallest absolute Gasteiger partial charge is 0.135 e. The first-order valence-corrected chi connectivity index (χ1v) is 6.16. The van der Waals surface area contributed by atoms with Gasteiger partial charge >= 0.3 is 0 Å². The maximum atomic E-state index is 9.07. The highest BCUT2D eigenvalue weighted by molar-refractivity contribution is 5.77. The Morgan fingerprint density at radius 2 is 1.84 bits per heavy atom. The molecule has 5 heteroatoms. The lowest BCUT2D eigenvalue weighted by Crippen LogP contribution is -2.29. The maximum absolute atomic E-state index is 9.07. The van der Waals surface area contributed by atoms with E-state index in [-0.39, 0.29) is 13.2 Å². The molecule has 4 N–H and O–H groups in total.